The third-order valence-corrected chi connectivity index (χ3v) is 6.26. The van der Waals surface area contributed by atoms with Crippen LogP contribution in [0.2, 0.25) is 0 Å². The van der Waals surface area contributed by atoms with Crippen LogP contribution < -0.4 is 9.73 Å². The van der Waals surface area contributed by atoms with E-state index in [0.29, 0.717) is 11.4 Å². The molecule has 0 fully saturated rings. The van der Waals surface area contributed by atoms with Gasteiger partial charge < -0.3 is 0 Å². The van der Waals surface area contributed by atoms with Crippen molar-refractivity contribution in [1.82, 2.24) is 10.4 Å². The number of aromatic nitrogens is 1. The second kappa shape index (κ2) is 9.32. The van der Waals surface area contributed by atoms with E-state index in [9.17, 15) is 13.2 Å². The highest BCUT2D eigenvalue weighted by Gasteiger charge is 2.27. The molecule has 0 radical (unpaired) electrons. The Kier molecular flexibility index (Phi) is 6.58. The Labute approximate surface area is 176 Å². The zero-order chi connectivity index (χ0) is 21.6. The number of nitrogens with one attached hydrogen (secondary N) is 1. The molecule has 7 nitrogen and oxygen atoms in total. The normalized spacial score (nSPS) is 11.4. The van der Waals surface area contributed by atoms with Crippen molar-refractivity contribution in [3.63, 3.8) is 0 Å². The topological polar surface area (TPSA) is 91.7 Å². The summed E-state index contributed by atoms with van der Waals surface area (Å²) in [6.07, 6.45) is 3.00. The number of rotatable bonds is 7. The maximum absolute atomic E-state index is 13.3. The molecule has 1 amide bonds. The highest BCUT2D eigenvalue weighted by molar-refractivity contribution is 7.92. The number of pyridine rings is 1. The number of anilines is 1. The Morgan fingerprint density at radius 2 is 1.77 bits per heavy atom. The molecule has 3 rings (SSSR count). The SMILES string of the molecule is Cc1ccc(N(CC(=O)N/N=C/c2ccccn2)S(=O)(=O)c2ccccc2)cc1C. The van der Waals surface area contributed by atoms with E-state index in [0.717, 1.165) is 15.4 Å². The number of carbonyl (C=O) groups excluding carboxylic acids is 1. The van der Waals surface area contributed by atoms with Gasteiger partial charge in [-0.15, -0.1) is 0 Å². The summed E-state index contributed by atoms with van der Waals surface area (Å²) in [6, 6.07) is 18.6. The minimum absolute atomic E-state index is 0.105. The van der Waals surface area contributed by atoms with Gasteiger partial charge in [0.15, 0.2) is 0 Å². The Hall–Kier alpha value is -3.52. The van der Waals surface area contributed by atoms with Gasteiger partial charge in [-0.05, 0) is 61.4 Å². The van der Waals surface area contributed by atoms with E-state index < -0.39 is 22.5 Å². The van der Waals surface area contributed by atoms with Crippen LogP contribution in [-0.2, 0) is 14.8 Å². The van der Waals surface area contributed by atoms with Crippen LogP contribution in [0.25, 0.3) is 0 Å². The molecule has 0 aliphatic heterocycles. The molecule has 0 spiro atoms. The minimum atomic E-state index is -3.95. The maximum atomic E-state index is 13.3. The first-order valence-electron chi connectivity index (χ1n) is 9.26. The standard InChI is InChI=1S/C22H22N4O3S/c1-17-11-12-20(14-18(17)2)26(30(28,29)21-9-4-3-5-10-21)16-22(27)25-24-15-19-8-6-7-13-23-19/h3-15H,16H2,1-2H3,(H,25,27)/b24-15+. The third-order valence-electron chi connectivity index (χ3n) is 4.47. The molecule has 1 N–H and O–H groups in total. The van der Waals surface area contributed by atoms with Crippen molar-refractivity contribution in [3.05, 3.63) is 89.7 Å². The fourth-order valence-corrected chi connectivity index (χ4v) is 4.14. The third kappa shape index (κ3) is 5.09. The average Bonchev–Trinajstić information content (AvgIpc) is 2.75. The van der Waals surface area contributed by atoms with Gasteiger partial charge in [0.1, 0.15) is 6.54 Å². The van der Waals surface area contributed by atoms with Crippen LogP contribution in [0.3, 0.4) is 0 Å². The monoisotopic (exact) mass is 422 g/mol. The van der Waals surface area contributed by atoms with Crippen molar-refractivity contribution in [2.24, 2.45) is 5.10 Å². The van der Waals surface area contributed by atoms with Gasteiger partial charge in [-0.3, -0.25) is 14.1 Å². The number of nitrogens with zero attached hydrogens (tertiary/aromatic N) is 3. The van der Waals surface area contributed by atoms with Crippen molar-refractivity contribution in [3.8, 4) is 0 Å². The summed E-state index contributed by atoms with van der Waals surface area (Å²) in [7, 11) is -3.95. The van der Waals surface area contributed by atoms with Crippen LogP contribution >= 0.6 is 0 Å². The Balaban J connectivity index is 1.87. The van der Waals surface area contributed by atoms with Gasteiger partial charge in [0.05, 0.1) is 22.5 Å². The van der Waals surface area contributed by atoms with E-state index in [4.69, 9.17) is 0 Å². The maximum Gasteiger partial charge on any atom is 0.264 e. The Morgan fingerprint density at radius 3 is 2.43 bits per heavy atom. The molecule has 1 heterocycles. The average molecular weight is 423 g/mol. The number of carbonyl (C=O) groups is 1. The van der Waals surface area contributed by atoms with Gasteiger partial charge in [0.25, 0.3) is 15.9 Å². The smallest absolute Gasteiger partial charge is 0.264 e. The molecule has 2 aromatic carbocycles. The van der Waals surface area contributed by atoms with Gasteiger partial charge in [0, 0.05) is 6.20 Å². The van der Waals surface area contributed by atoms with Crippen LogP contribution in [0.4, 0.5) is 5.69 Å². The van der Waals surface area contributed by atoms with Crippen molar-refractivity contribution in [2.45, 2.75) is 18.7 Å². The minimum Gasteiger partial charge on any atom is -0.271 e. The van der Waals surface area contributed by atoms with Crippen LogP contribution in [0.15, 0.2) is 82.9 Å². The first-order chi connectivity index (χ1) is 14.4. The zero-order valence-corrected chi connectivity index (χ0v) is 17.5. The van der Waals surface area contributed by atoms with E-state index in [-0.39, 0.29) is 4.90 Å². The molecule has 3 aromatic rings. The zero-order valence-electron chi connectivity index (χ0n) is 16.7. The summed E-state index contributed by atoms with van der Waals surface area (Å²) in [5.41, 5.74) is 5.30. The van der Waals surface area contributed by atoms with E-state index in [2.05, 4.69) is 15.5 Å². The highest BCUT2D eigenvalue weighted by atomic mass is 32.2. The number of hydrogen-bond acceptors (Lipinski definition) is 5. The lowest BCUT2D eigenvalue weighted by molar-refractivity contribution is -0.119. The molecular weight excluding hydrogens is 400 g/mol. The molecule has 0 unspecified atom stereocenters. The van der Waals surface area contributed by atoms with E-state index in [1.807, 2.05) is 19.9 Å². The van der Waals surface area contributed by atoms with Crippen LogP contribution in [0.1, 0.15) is 16.8 Å². The lowest BCUT2D eigenvalue weighted by Crippen LogP contribution is -2.39. The predicted octanol–water partition coefficient (Wildman–Crippen LogP) is 3.04. The van der Waals surface area contributed by atoms with Crippen LogP contribution in [-0.4, -0.2) is 32.1 Å². The molecule has 0 atom stereocenters. The fourth-order valence-electron chi connectivity index (χ4n) is 2.70. The van der Waals surface area contributed by atoms with Crippen LogP contribution in [0, 0.1) is 13.8 Å². The summed E-state index contributed by atoms with van der Waals surface area (Å²) in [6.45, 7) is 3.41. The molecule has 0 saturated carbocycles. The second-order valence-corrected chi connectivity index (χ2v) is 8.50. The summed E-state index contributed by atoms with van der Waals surface area (Å²) in [5, 5.41) is 3.87. The van der Waals surface area contributed by atoms with Gasteiger partial charge in [-0.2, -0.15) is 5.10 Å². The van der Waals surface area contributed by atoms with E-state index >= 15 is 0 Å². The van der Waals surface area contributed by atoms with Gasteiger partial charge in [-0.1, -0.05) is 30.3 Å². The number of hydrazone groups is 1. The largest absolute Gasteiger partial charge is 0.271 e. The summed E-state index contributed by atoms with van der Waals surface area (Å²) >= 11 is 0. The fraction of sp³-hybridized carbons (Fsp3) is 0.136. The quantitative estimate of drug-likeness (QED) is 0.468. The number of sulfonamides is 1. The van der Waals surface area contributed by atoms with Crippen LogP contribution in [0.5, 0.6) is 0 Å². The molecule has 0 saturated heterocycles. The van der Waals surface area contributed by atoms with Crippen molar-refractivity contribution in [2.75, 3.05) is 10.8 Å². The predicted molar refractivity (Wildman–Crippen MR) is 117 cm³/mol. The number of benzene rings is 2. The first kappa shape index (κ1) is 21.2. The summed E-state index contributed by atoms with van der Waals surface area (Å²) in [4.78, 5) is 16.7. The molecule has 30 heavy (non-hydrogen) atoms. The molecule has 154 valence electrons. The van der Waals surface area contributed by atoms with Crippen molar-refractivity contribution >= 4 is 27.8 Å². The van der Waals surface area contributed by atoms with E-state index in [1.54, 1.807) is 54.7 Å². The van der Waals surface area contributed by atoms with Gasteiger partial charge >= 0.3 is 0 Å². The molecule has 0 aliphatic carbocycles. The lowest BCUT2D eigenvalue weighted by atomic mass is 10.1. The summed E-state index contributed by atoms with van der Waals surface area (Å²) in [5.74, 6) is -0.570. The van der Waals surface area contributed by atoms with Gasteiger partial charge in [-0.25, -0.2) is 13.8 Å². The molecule has 0 aliphatic rings. The number of aryl methyl sites for hydroxylation is 2. The Bertz CT molecular complexity index is 1150. The first-order valence-corrected chi connectivity index (χ1v) is 10.7. The lowest BCUT2D eigenvalue weighted by Gasteiger charge is -2.24. The second-order valence-electron chi connectivity index (χ2n) is 6.64. The molecule has 8 heteroatoms. The van der Waals surface area contributed by atoms with E-state index in [1.165, 1.54) is 18.3 Å². The number of hydrogen-bond donors (Lipinski definition) is 1. The Morgan fingerprint density at radius 1 is 1.03 bits per heavy atom. The molecule has 0 bridgehead atoms. The molecule has 1 aromatic heterocycles. The van der Waals surface area contributed by atoms with Gasteiger partial charge in [0.2, 0.25) is 0 Å². The van der Waals surface area contributed by atoms with Crippen molar-refractivity contribution in [1.29, 1.82) is 0 Å². The number of amides is 1. The van der Waals surface area contributed by atoms with Crippen molar-refractivity contribution < 1.29 is 13.2 Å². The summed E-state index contributed by atoms with van der Waals surface area (Å²) < 4.78 is 27.6. The highest BCUT2D eigenvalue weighted by Crippen LogP contribution is 2.25. The molecular formula is C22H22N4O3S.